The van der Waals surface area contributed by atoms with E-state index in [0.717, 1.165) is 118 Å². The lowest BCUT2D eigenvalue weighted by Crippen LogP contribution is -2.56. The molecule has 14 rings (SSSR count). The molecule has 620 valence electrons. The summed E-state index contributed by atoms with van der Waals surface area (Å²) in [6.45, 7) is 6.14. The van der Waals surface area contributed by atoms with Crippen molar-refractivity contribution in [2.75, 3.05) is 109 Å². The third kappa shape index (κ3) is 21.3. The minimum absolute atomic E-state index is 0.00706. The van der Waals surface area contributed by atoms with Crippen LogP contribution in [0.5, 0.6) is 5.75 Å². The van der Waals surface area contributed by atoms with E-state index in [1.807, 2.05) is 152 Å². The highest BCUT2D eigenvalue weighted by Crippen LogP contribution is 2.45. The minimum Gasteiger partial charge on any atom is -0.495 e. The van der Waals surface area contributed by atoms with E-state index in [2.05, 4.69) is 55.6 Å². The molecule has 2 atom stereocenters. The molecule has 1 saturated carbocycles. The Balaban J connectivity index is 0.000000320. The third-order valence-corrected chi connectivity index (χ3v) is 24.1. The van der Waals surface area contributed by atoms with Crippen molar-refractivity contribution in [3.63, 3.8) is 0 Å². The first-order valence-corrected chi connectivity index (χ1v) is 41.5. The van der Waals surface area contributed by atoms with Gasteiger partial charge in [-0.25, -0.2) is 19.7 Å². The molecule has 9 amide bonds. The molecule has 3 saturated heterocycles. The number of aromatic amines is 1. The number of primary amides is 2. The number of rotatable bonds is 34. The van der Waals surface area contributed by atoms with E-state index in [1.54, 1.807) is 29.9 Å². The molecule has 9 N–H and O–H groups in total. The predicted octanol–water partition coefficient (Wildman–Crippen LogP) is 8.51. The summed E-state index contributed by atoms with van der Waals surface area (Å²) in [6.07, 6.45) is 9.37. The lowest BCUT2D eigenvalue weighted by Gasteiger charge is -2.45. The second kappa shape index (κ2) is 39.8. The quantitative estimate of drug-likeness (QED) is 0.0113. The molecule has 28 nitrogen and oxygen atoms in total. The van der Waals surface area contributed by atoms with E-state index in [9.17, 15) is 48.3 Å². The van der Waals surface area contributed by atoms with Crippen LogP contribution in [0.15, 0.2) is 201 Å². The number of hydrogen-bond acceptors (Lipinski definition) is 21. The van der Waals surface area contributed by atoms with Crippen molar-refractivity contribution >= 4 is 104 Å². The number of imide groups is 2. The standard InChI is InChI=1S/C66H74N12O9.C23H24N2O5S2/c1-65(71-28-10-13-44-16-21-55(86-3)54(36-44)77-32-25-58(82)78(64(77)85)42-70-57(81)39-69-61(83)46(38-56(67)80)35-43-11-6-4-7-12-43)26-33-75(34-27-65)48-23-30-76(31-24-48)63-72-53-20-17-45(52-40-74(2)62(84)59-50(52)22-29-68-59)37-51(53)60(73-63)66(41-79,87-49-18-19-49)47-14-8-5-9-15-47;24-19(26)11-13-29-15-16-30-14-12-25-22(27)20(31-17-7-3-1-4-8-17)21(23(25)28)32-18-9-5-2-6-10-18/h4-9,11-12,14-17,20-22,29,36-37,40,46,48-49,68,71,79H,18-19,23-28,30-35,38-39,41-42H2,1-3H3,(H2,67,80)(H,69,83)(H,70,81);1-10H,11-16H2,(H2,24,26)/t46-,66-;/m0./s1. The number of methoxy groups -OCH3 is 1. The highest BCUT2D eigenvalue weighted by Gasteiger charge is 2.45. The molecule has 9 aromatic rings. The molecule has 4 fully saturated rings. The maximum absolute atomic E-state index is 13.9. The number of aliphatic hydroxyl groups excluding tert-OH is 1. The molecule has 30 heteroatoms. The Morgan fingerprint density at radius 2 is 1.38 bits per heavy atom. The van der Waals surface area contributed by atoms with E-state index >= 15 is 0 Å². The molecule has 7 heterocycles. The van der Waals surface area contributed by atoms with Gasteiger partial charge in [-0.3, -0.25) is 48.2 Å². The number of nitrogens with one attached hydrogen (secondary N) is 4. The van der Waals surface area contributed by atoms with Crippen molar-refractivity contribution in [1.82, 2.24) is 50.2 Å². The molecule has 1 aliphatic carbocycles. The number of nitrogens with zero attached hydrogens (tertiary/aromatic N) is 8. The number of likely N-dealkylation sites (tertiary alicyclic amines) is 1. The van der Waals surface area contributed by atoms with E-state index < -0.39 is 60.3 Å². The number of anilines is 2. The SMILES string of the molecule is COc1ccc(C#CCNC2(C)CCN(C3CCN(c4nc([C@@](CO)(OC5CC5)c5ccccc5)c5cc(-c6cn(C)c(=O)c7[nH]ccc67)ccc5n4)CC3)CC2)cc1N1CCC(=O)N(CNC(=O)CNC(=O)[C@H](CC(N)=O)Cc2ccccc2)C1=O.NC(=O)CCOCCOCCN1C(=O)C(Sc2ccccc2)=C(Sc2ccccc2)C1=O. The molecule has 4 aliphatic heterocycles. The van der Waals surface area contributed by atoms with Crippen LogP contribution in [0.3, 0.4) is 0 Å². The number of piperidine rings is 2. The van der Waals surface area contributed by atoms with Gasteiger partial charge in [-0.05, 0) is 129 Å². The molecule has 119 heavy (non-hydrogen) atoms. The van der Waals surface area contributed by atoms with E-state index in [-0.39, 0.29) is 87.6 Å². The molecule has 0 unspecified atom stereocenters. The minimum atomic E-state index is -1.26. The van der Waals surface area contributed by atoms with Crippen LogP contribution in [0.2, 0.25) is 0 Å². The lowest BCUT2D eigenvalue weighted by molar-refractivity contribution is -0.138. The predicted molar refractivity (Wildman–Crippen MR) is 454 cm³/mol. The van der Waals surface area contributed by atoms with Gasteiger partial charge in [-0.2, -0.15) is 0 Å². The molecule has 3 aromatic heterocycles. The summed E-state index contributed by atoms with van der Waals surface area (Å²) < 4.78 is 24.9. The molecule has 6 aromatic carbocycles. The van der Waals surface area contributed by atoms with Gasteiger partial charge >= 0.3 is 6.03 Å². The van der Waals surface area contributed by atoms with Crippen LogP contribution in [0.1, 0.15) is 87.1 Å². The average molecular weight is 1650 g/mol. The summed E-state index contributed by atoms with van der Waals surface area (Å²) >= 11 is 2.59. The summed E-state index contributed by atoms with van der Waals surface area (Å²) in [5.74, 6) is 3.41. The molecule has 0 spiro atoms. The number of aliphatic hydroxyl groups is 1. The number of ether oxygens (including phenoxy) is 4. The fourth-order valence-corrected chi connectivity index (χ4v) is 17.1. The van der Waals surface area contributed by atoms with Crippen LogP contribution in [0, 0.1) is 17.8 Å². The van der Waals surface area contributed by atoms with Gasteiger partial charge in [-0.15, -0.1) is 0 Å². The zero-order valence-corrected chi connectivity index (χ0v) is 68.4. The number of amides is 9. The number of carbonyl (C=O) groups is 8. The number of aromatic nitrogens is 4. The summed E-state index contributed by atoms with van der Waals surface area (Å²) in [5, 5.41) is 22.0. The van der Waals surface area contributed by atoms with Gasteiger partial charge < -0.3 is 70.8 Å². The van der Waals surface area contributed by atoms with Gasteiger partial charge in [0.05, 0.1) is 98.5 Å². The topological polar surface area (TPSA) is 362 Å². The normalized spacial score (nSPS) is 16.6. The van der Waals surface area contributed by atoms with Gasteiger partial charge in [0, 0.05) is 115 Å². The van der Waals surface area contributed by atoms with Crippen molar-refractivity contribution in [3.8, 4) is 28.7 Å². The maximum atomic E-state index is 13.9. The number of nitrogens with two attached hydrogens (primary N) is 2. The van der Waals surface area contributed by atoms with Gasteiger partial charge in [0.2, 0.25) is 35.5 Å². The van der Waals surface area contributed by atoms with Crippen molar-refractivity contribution in [2.24, 2.45) is 24.4 Å². The van der Waals surface area contributed by atoms with Crippen molar-refractivity contribution in [1.29, 1.82) is 0 Å². The Morgan fingerprint density at radius 3 is 2.02 bits per heavy atom. The van der Waals surface area contributed by atoms with Gasteiger partial charge in [-0.1, -0.05) is 138 Å². The molecule has 5 aliphatic rings. The second-order valence-electron chi connectivity index (χ2n) is 30.1. The van der Waals surface area contributed by atoms with E-state index in [0.29, 0.717) is 69.8 Å². The summed E-state index contributed by atoms with van der Waals surface area (Å²) in [5.41, 5.74) is 15.3. The number of fused-ring (bicyclic) bond motifs is 2. The smallest absolute Gasteiger partial charge is 0.332 e. The second-order valence-corrected chi connectivity index (χ2v) is 32.3. The monoisotopic (exact) mass is 1650 g/mol. The first-order chi connectivity index (χ1) is 57.7. The Labute approximate surface area is 698 Å². The Morgan fingerprint density at radius 1 is 0.723 bits per heavy atom. The number of thioether (sulfide) groups is 2. The van der Waals surface area contributed by atoms with Gasteiger partial charge in [0.25, 0.3) is 17.4 Å². The number of carbonyl (C=O) groups excluding carboxylic acids is 8. The van der Waals surface area contributed by atoms with Crippen LogP contribution in [0.25, 0.3) is 32.9 Å². The van der Waals surface area contributed by atoms with Crippen LogP contribution in [-0.2, 0) is 66.8 Å². The molecule has 0 bridgehead atoms. The van der Waals surface area contributed by atoms with Crippen molar-refractivity contribution < 1.29 is 62.4 Å². The maximum Gasteiger partial charge on any atom is 0.332 e. The van der Waals surface area contributed by atoms with Gasteiger partial charge in [0.1, 0.15) is 17.9 Å². The Bertz CT molecular complexity index is 5260. The van der Waals surface area contributed by atoms with Crippen LogP contribution >= 0.6 is 23.5 Å². The zero-order chi connectivity index (χ0) is 83.6. The summed E-state index contributed by atoms with van der Waals surface area (Å²) in [6, 6.07) is 51.1. The summed E-state index contributed by atoms with van der Waals surface area (Å²) in [4.78, 5) is 139. The lowest BCUT2D eigenvalue weighted by atomic mass is 9.87. The molecular formula is C89H98N14O14S2. The number of benzene rings is 6. The number of hydrogen-bond donors (Lipinski definition) is 7. The first-order valence-electron chi connectivity index (χ1n) is 39.9. The number of aryl methyl sites for hydroxylation is 1. The van der Waals surface area contributed by atoms with E-state index in [1.165, 1.54) is 40.4 Å². The fraction of sp³-hybridized carbons (Fsp3) is 0.360. The average Bonchev–Trinajstić information content (AvgIpc) is 1.71. The van der Waals surface area contributed by atoms with Crippen LogP contribution in [0.4, 0.5) is 16.4 Å². The largest absolute Gasteiger partial charge is 0.495 e. The highest BCUT2D eigenvalue weighted by molar-refractivity contribution is 8.08. The fourth-order valence-electron chi connectivity index (χ4n) is 15.0. The molecule has 0 radical (unpaired) electrons. The third-order valence-electron chi connectivity index (χ3n) is 21.7. The number of urea groups is 1. The summed E-state index contributed by atoms with van der Waals surface area (Å²) in [7, 11) is 3.25. The van der Waals surface area contributed by atoms with Crippen molar-refractivity contribution in [2.45, 2.75) is 104 Å². The molecular weight excluding hydrogens is 1550 g/mol. The van der Waals surface area contributed by atoms with Crippen LogP contribution < -0.4 is 47.5 Å². The number of pyridine rings is 1. The van der Waals surface area contributed by atoms with Crippen molar-refractivity contribution in [3.05, 3.63) is 219 Å². The first kappa shape index (κ1) is 85.4. The Kier molecular flexibility index (Phi) is 28.6. The number of H-pyrrole nitrogens is 1. The zero-order valence-electron chi connectivity index (χ0n) is 66.7. The van der Waals surface area contributed by atoms with Crippen LogP contribution in [-0.4, -0.2) is 204 Å². The van der Waals surface area contributed by atoms with E-state index in [4.69, 9.17) is 40.4 Å². The highest BCUT2D eigenvalue weighted by atomic mass is 32.2. The Hall–Kier alpha value is -11.5. The van der Waals surface area contributed by atoms with Gasteiger partial charge in [0.15, 0.2) is 5.60 Å².